The van der Waals surface area contributed by atoms with Crippen molar-refractivity contribution in [2.75, 3.05) is 0 Å². The highest BCUT2D eigenvalue weighted by atomic mass is 32.1. The number of aromatic nitrogens is 1. The van der Waals surface area contributed by atoms with Gasteiger partial charge < -0.3 is 10.3 Å². The molecule has 1 atom stereocenters. The van der Waals surface area contributed by atoms with Gasteiger partial charge in [-0.3, -0.25) is 0 Å². The number of nitrogens with one attached hydrogen (secondary N) is 2. The molecule has 4 rings (SSSR count). The lowest BCUT2D eigenvalue weighted by molar-refractivity contribution is 0.669. The lowest BCUT2D eigenvalue weighted by Crippen LogP contribution is -2.33. The third-order valence-electron chi connectivity index (χ3n) is 4.31. The Morgan fingerprint density at radius 3 is 2.70 bits per heavy atom. The van der Waals surface area contributed by atoms with Gasteiger partial charge in [0.1, 0.15) is 0 Å². The zero-order chi connectivity index (χ0) is 15.8. The summed E-state index contributed by atoms with van der Waals surface area (Å²) in [4.78, 5) is 7.89. The van der Waals surface area contributed by atoms with Crippen molar-refractivity contribution in [1.82, 2.24) is 10.3 Å². The van der Waals surface area contributed by atoms with Crippen LogP contribution in [0.2, 0.25) is 0 Å². The lowest BCUT2D eigenvalue weighted by atomic mass is 9.95. The molecule has 0 amide bonds. The van der Waals surface area contributed by atoms with Crippen LogP contribution in [0, 0.1) is 6.92 Å². The minimum Gasteiger partial charge on any atom is -0.361 e. The Labute approximate surface area is 140 Å². The normalized spacial score (nSPS) is 17.9. The maximum atomic E-state index is 5.37. The number of H-pyrrole nitrogens is 1. The van der Waals surface area contributed by atoms with Gasteiger partial charge in [-0.2, -0.15) is 0 Å². The number of hydrogen-bond acceptors (Lipinski definition) is 1. The molecule has 0 radical (unpaired) electrons. The number of aryl methyl sites for hydroxylation is 1. The van der Waals surface area contributed by atoms with Crippen LogP contribution in [0.4, 0.5) is 0 Å². The van der Waals surface area contributed by atoms with Gasteiger partial charge in [0.25, 0.3) is 0 Å². The molecule has 2 N–H and O–H groups in total. The number of nitrogens with zero attached hydrogens (tertiary/aromatic N) is 1. The Hall–Kier alpha value is -2.46. The molecule has 2 heterocycles. The summed E-state index contributed by atoms with van der Waals surface area (Å²) < 4.78 is 0. The van der Waals surface area contributed by atoms with Gasteiger partial charge in [-0.05, 0) is 30.8 Å². The minimum absolute atomic E-state index is 0.146. The van der Waals surface area contributed by atoms with Gasteiger partial charge >= 0.3 is 0 Å². The summed E-state index contributed by atoms with van der Waals surface area (Å²) in [6, 6.07) is 17.0. The molecular weight excluding hydrogens is 302 g/mol. The largest absolute Gasteiger partial charge is 0.361 e. The van der Waals surface area contributed by atoms with E-state index in [1.807, 2.05) is 6.07 Å². The first kappa shape index (κ1) is 14.2. The number of aromatic amines is 1. The molecule has 1 aliphatic rings. The molecule has 0 spiro atoms. The monoisotopic (exact) mass is 319 g/mol. The summed E-state index contributed by atoms with van der Waals surface area (Å²) in [5.41, 5.74) is 5.82. The van der Waals surface area contributed by atoms with Crippen LogP contribution in [0.25, 0.3) is 10.9 Å². The lowest BCUT2D eigenvalue weighted by Gasteiger charge is -2.24. The molecule has 114 valence electrons. The molecule has 3 nitrogen and oxygen atoms in total. The maximum Gasteiger partial charge on any atom is 0.193 e. The van der Waals surface area contributed by atoms with E-state index >= 15 is 0 Å². The van der Waals surface area contributed by atoms with Crippen LogP contribution in [0.5, 0.6) is 0 Å². The molecule has 0 saturated heterocycles. The van der Waals surface area contributed by atoms with Crippen molar-refractivity contribution in [3.05, 3.63) is 71.4 Å². The van der Waals surface area contributed by atoms with Crippen molar-refractivity contribution in [1.29, 1.82) is 0 Å². The Balaban J connectivity index is 1.71. The molecular formula is C19H17N3S. The first-order valence-corrected chi connectivity index (χ1v) is 8.12. The van der Waals surface area contributed by atoms with Crippen LogP contribution in [-0.4, -0.2) is 15.8 Å². The van der Waals surface area contributed by atoms with E-state index in [0.29, 0.717) is 5.11 Å². The van der Waals surface area contributed by atoms with Gasteiger partial charge in [0, 0.05) is 29.1 Å². The SMILES string of the molecule is Cc1ccc(C2=NC(=S)NC(c3c[nH]c4ccccc34)C2)cc1. The van der Waals surface area contributed by atoms with Gasteiger partial charge in [-0.25, -0.2) is 4.99 Å². The molecule has 0 saturated carbocycles. The van der Waals surface area contributed by atoms with Crippen LogP contribution in [0.1, 0.15) is 29.2 Å². The quantitative estimate of drug-likeness (QED) is 0.692. The van der Waals surface area contributed by atoms with E-state index in [4.69, 9.17) is 12.2 Å². The molecule has 4 heteroatoms. The number of para-hydroxylation sites is 1. The molecule has 0 fully saturated rings. The van der Waals surface area contributed by atoms with E-state index in [1.54, 1.807) is 0 Å². The minimum atomic E-state index is 0.146. The molecule has 3 aromatic rings. The van der Waals surface area contributed by atoms with E-state index in [2.05, 4.69) is 70.9 Å². The highest BCUT2D eigenvalue weighted by Crippen LogP contribution is 2.29. The summed E-state index contributed by atoms with van der Waals surface area (Å²) in [5, 5.41) is 5.14. The van der Waals surface area contributed by atoms with Crippen LogP contribution in [-0.2, 0) is 0 Å². The topological polar surface area (TPSA) is 40.2 Å². The van der Waals surface area contributed by atoms with Gasteiger partial charge in [-0.1, -0.05) is 48.0 Å². The van der Waals surface area contributed by atoms with Gasteiger partial charge in [0.15, 0.2) is 5.11 Å². The number of rotatable bonds is 2. The molecule has 23 heavy (non-hydrogen) atoms. The Morgan fingerprint density at radius 2 is 1.87 bits per heavy atom. The molecule has 1 unspecified atom stereocenters. The molecule has 1 aliphatic heterocycles. The summed E-state index contributed by atoms with van der Waals surface area (Å²) in [5.74, 6) is 0. The van der Waals surface area contributed by atoms with Gasteiger partial charge in [0.2, 0.25) is 0 Å². The van der Waals surface area contributed by atoms with E-state index < -0.39 is 0 Å². The average molecular weight is 319 g/mol. The summed E-state index contributed by atoms with van der Waals surface area (Å²) >= 11 is 5.37. The van der Waals surface area contributed by atoms with Crippen LogP contribution >= 0.6 is 12.2 Å². The van der Waals surface area contributed by atoms with Crippen LogP contribution < -0.4 is 5.32 Å². The van der Waals surface area contributed by atoms with E-state index in [1.165, 1.54) is 16.5 Å². The van der Waals surface area contributed by atoms with Crippen molar-refractivity contribution >= 4 is 33.9 Å². The second-order valence-corrected chi connectivity index (χ2v) is 6.31. The van der Waals surface area contributed by atoms with Crippen molar-refractivity contribution in [2.24, 2.45) is 4.99 Å². The number of aliphatic imine (C=N–C) groups is 1. The predicted molar refractivity (Wildman–Crippen MR) is 99.1 cm³/mol. The molecule has 0 aliphatic carbocycles. The number of hydrogen-bond donors (Lipinski definition) is 2. The second kappa shape index (κ2) is 5.63. The van der Waals surface area contributed by atoms with Gasteiger partial charge in [-0.15, -0.1) is 0 Å². The third kappa shape index (κ3) is 2.66. The fourth-order valence-electron chi connectivity index (χ4n) is 3.09. The first-order chi connectivity index (χ1) is 11.2. The zero-order valence-electron chi connectivity index (χ0n) is 12.8. The van der Waals surface area contributed by atoms with Crippen LogP contribution in [0.3, 0.4) is 0 Å². The maximum absolute atomic E-state index is 5.37. The summed E-state index contributed by atoms with van der Waals surface area (Å²) in [6.07, 6.45) is 2.90. The molecule has 2 aromatic carbocycles. The van der Waals surface area contributed by atoms with Crippen molar-refractivity contribution in [3.8, 4) is 0 Å². The molecule has 1 aromatic heterocycles. The Bertz CT molecular complexity index is 906. The van der Waals surface area contributed by atoms with E-state index in [9.17, 15) is 0 Å². The first-order valence-electron chi connectivity index (χ1n) is 7.72. The van der Waals surface area contributed by atoms with Crippen molar-refractivity contribution < 1.29 is 0 Å². The standard InChI is InChI=1S/C19H17N3S/c1-12-6-8-13(9-7-12)17-10-18(22-19(23)21-17)15-11-20-16-5-3-2-4-14(15)16/h2-9,11,18,20H,10H2,1H3,(H,22,23). The van der Waals surface area contributed by atoms with Crippen LogP contribution in [0.15, 0.2) is 59.7 Å². The second-order valence-electron chi connectivity index (χ2n) is 5.92. The van der Waals surface area contributed by atoms with Gasteiger partial charge in [0.05, 0.1) is 11.8 Å². The highest BCUT2D eigenvalue weighted by Gasteiger charge is 2.23. The fraction of sp³-hybridized carbons (Fsp3) is 0.158. The smallest absolute Gasteiger partial charge is 0.193 e. The van der Waals surface area contributed by atoms with E-state index in [-0.39, 0.29) is 6.04 Å². The Morgan fingerprint density at radius 1 is 1.09 bits per heavy atom. The van der Waals surface area contributed by atoms with Crippen molar-refractivity contribution in [3.63, 3.8) is 0 Å². The Kier molecular flexibility index (Phi) is 3.46. The summed E-state index contributed by atoms with van der Waals surface area (Å²) in [6.45, 7) is 2.09. The number of fused-ring (bicyclic) bond motifs is 1. The molecule has 0 bridgehead atoms. The zero-order valence-corrected chi connectivity index (χ0v) is 13.7. The summed E-state index contributed by atoms with van der Waals surface area (Å²) in [7, 11) is 0. The highest BCUT2D eigenvalue weighted by molar-refractivity contribution is 7.80. The van der Waals surface area contributed by atoms with Crippen molar-refractivity contribution in [2.45, 2.75) is 19.4 Å². The number of thiocarbonyl (C=S) groups is 1. The third-order valence-corrected chi connectivity index (χ3v) is 4.52. The predicted octanol–water partition coefficient (Wildman–Crippen LogP) is 4.28. The average Bonchev–Trinajstić information content (AvgIpc) is 2.99. The van der Waals surface area contributed by atoms with E-state index in [0.717, 1.165) is 23.2 Å². The number of benzene rings is 2. The fourth-order valence-corrected chi connectivity index (χ4v) is 3.34.